The van der Waals surface area contributed by atoms with Gasteiger partial charge in [0.15, 0.2) is 11.2 Å². The molecule has 1 unspecified atom stereocenters. The molecule has 1 aliphatic rings. The van der Waals surface area contributed by atoms with Crippen LogP contribution in [0.25, 0.3) is 0 Å². The summed E-state index contributed by atoms with van der Waals surface area (Å²) in [6.45, 7) is 3.66. The number of rotatable bonds is 1. The van der Waals surface area contributed by atoms with E-state index in [1.807, 2.05) is 13.8 Å². The Morgan fingerprint density at radius 3 is 2.07 bits per heavy atom. The molecule has 0 amide bonds. The second-order valence-corrected chi connectivity index (χ2v) is 38.5. The topological polar surface area (TPSA) is 46.3 Å². The van der Waals surface area contributed by atoms with Crippen molar-refractivity contribution >= 4 is 82.8 Å². The average molecular weight is 591 g/mol. The fraction of sp³-hybridized carbons (Fsp3) is 0.600. The number of hydrogen-bond donors (Lipinski definition) is 0. The molecule has 1 rings (SSSR count). The van der Waals surface area contributed by atoms with Crippen LogP contribution in [-0.2, 0) is 20.3 Å². The van der Waals surface area contributed by atoms with E-state index < -0.39 is 11.2 Å². The summed E-state index contributed by atoms with van der Waals surface area (Å²) in [6.07, 6.45) is 0. The number of halogens is 3. The van der Waals surface area contributed by atoms with E-state index in [4.69, 9.17) is 4.18 Å². The summed E-state index contributed by atoms with van der Waals surface area (Å²) in [5, 5.41) is 0. The van der Waals surface area contributed by atoms with Gasteiger partial charge in [0.05, 0.1) is 7.11 Å². The molecule has 0 aromatic rings. The van der Waals surface area contributed by atoms with Gasteiger partial charge in [-0.05, 0) is 13.8 Å². The van der Waals surface area contributed by atoms with Crippen molar-refractivity contribution in [1.29, 1.82) is 0 Å². The van der Waals surface area contributed by atoms with Crippen LogP contribution in [0.4, 0.5) is 0 Å². The molecular formula is C5H9I3N3OSV. The summed E-state index contributed by atoms with van der Waals surface area (Å²) in [5.41, 5.74) is 0. The molecule has 0 radical (unpaired) electrons. The van der Waals surface area contributed by atoms with Gasteiger partial charge in [-0.1, -0.05) is 0 Å². The fourth-order valence-electron chi connectivity index (χ4n) is 0.596. The van der Waals surface area contributed by atoms with Gasteiger partial charge in [-0.2, -0.15) is 8.76 Å². The van der Waals surface area contributed by atoms with Gasteiger partial charge in [0.2, 0.25) is 0 Å². The van der Waals surface area contributed by atoms with Crippen molar-refractivity contribution in [1.82, 2.24) is 0 Å². The molecule has 1 heterocycles. The average Bonchev–Trinajstić information content (AvgIpc) is 2.01. The molecule has 0 aromatic carbocycles. The van der Waals surface area contributed by atoms with Gasteiger partial charge in [-0.25, -0.2) is 4.99 Å². The first-order valence-corrected chi connectivity index (χ1v) is 17.9. The second kappa shape index (κ2) is 9.27. The third-order valence-electron chi connectivity index (χ3n) is 0.893. The van der Waals surface area contributed by atoms with Gasteiger partial charge in [0, 0.05) is 0 Å². The van der Waals surface area contributed by atoms with Gasteiger partial charge in [0.25, 0.3) is 0 Å². The zero-order valence-electron chi connectivity index (χ0n) is 7.74. The van der Waals surface area contributed by atoms with Gasteiger partial charge >= 0.3 is 64.9 Å². The molecule has 0 bridgehead atoms. The first-order chi connectivity index (χ1) is 6.45. The van der Waals surface area contributed by atoms with Crippen LogP contribution in [0.15, 0.2) is 13.8 Å². The van der Waals surface area contributed by atoms with Crippen LogP contribution in [-0.4, -0.2) is 18.8 Å². The van der Waals surface area contributed by atoms with Crippen LogP contribution in [0.5, 0.6) is 0 Å². The molecule has 4 nitrogen and oxygen atoms in total. The van der Waals surface area contributed by atoms with Crippen LogP contribution in [0, 0.1) is 0 Å². The molecule has 0 saturated heterocycles. The maximum absolute atomic E-state index is 4.92. The molecule has 1 atom stereocenters. The van der Waals surface area contributed by atoms with Crippen molar-refractivity contribution in [2.24, 2.45) is 13.8 Å². The Bertz CT molecular complexity index is 276. The summed E-state index contributed by atoms with van der Waals surface area (Å²) in [4.78, 5) is 3.73. The second-order valence-electron chi connectivity index (χ2n) is 1.98. The fourth-order valence-corrected chi connectivity index (χ4v) is 1.32. The quantitative estimate of drug-likeness (QED) is 0.429. The van der Waals surface area contributed by atoms with E-state index in [0.717, 1.165) is 11.7 Å². The Labute approximate surface area is 124 Å². The monoisotopic (exact) mass is 591 g/mol. The van der Waals surface area contributed by atoms with Gasteiger partial charge < -0.3 is 0 Å². The first-order valence-electron chi connectivity index (χ1n) is 3.34. The minimum atomic E-state index is -0.630. The third-order valence-corrected chi connectivity index (χ3v) is 2.03. The molecule has 0 aliphatic carbocycles. The van der Waals surface area contributed by atoms with E-state index in [9.17, 15) is 0 Å². The van der Waals surface area contributed by atoms with Crippen molar-refractivity contribution in [2.75, 3.05) is 7.11 Å². The molecule has 0 spiro atoms. The predicted octanol–water partition coefficient (Wildman–Crippen LogP) is 3.77. The zero-order valence-corrected chi connectivity index (χ0v) is 16.4. The minimum absolute atomic E-state index is 0.278. The maximum atomic E-state index is 4.92. The Balaban J connectivity index is 0.000000364. The predicted molar refractivity (Wildman–Crippen MR) is 85.1 cm³/mol. The van der Waals surface area contributed by atoms with E-state index in [2.05, 4.69) is 73.7 Å². The van der Waals surface area contributed by atoms with Crippen LogP contribution < -0.4 is 0 Å². The summed E-state index contributed by atoms with van der Waals surface area (Å²) >= 11 is 6.76. The molecule has 82 valence electrons. The Hall–Kier alpha value is 2.22. The number of aliphatic imine (C=N–C) groups is 1. The van der Waals surface area contributed by atoms with Gasteiger partial charge in [-0.3, -0.25) is 4.18 Å². The standard InChI is InChI=1S/C5H9N3OS.3HI.V/c1-4-6-5(2)8-10(7-4)9-3;;;;/h1-3H3;3*1H;/q;;;;+3/p-3. The first kappa shape index (κ1) is 16.2. The SMILES string of the molecule is COS1=NC(C)=NC(C)=N1.[I][V]([I])[I]. The van der Waals surface area contributed by atoms with Crippen molar-refractivity contribution in [2.45, 2.75) is 13.8 Å². The molecule has 0 saturated carbocycles. The summed E-state index contributed by atoms with van der Waals surface area (Å²) in [5.74, 6) is 1.47. The van der Waals surface area contributed by atoms with Crippen molar-refractivity contribution in [3.05, 3.63) is 0 Å². The number of hydrogen-bond acceptors (Lipinski definition) is 4. The van der Waals surface area contributed by atoms with E-state index in [-0.39, 0.29) is 4.92 Å². The van der Waals surface area contributed by atoms with Crippen LogP contribution in [0.3, 0.4) is 0 Å². The van der Waals surface area contributed by atoms with E-state index in [1.54, 1.807) is 7.11 Å². The summed E-state index contributed by atoms with van der Waals surface area (Å²) in [7, 11) is 1.59. The number of nitrogens with zero attached hydrogens (tertiary/aromatic N) is 3. The van der Waals surface area contributed by atoms with Crippen LogP contribution in [0.1, 0.15) is 13.8 Å². The van der Waals surface area contributed by atoms with E-state index in [0.29, 0.717) is 0 Å². The molecular weight excluding hydrogens is 582 g/mol. The molecule has 0 fully saturated rings. The van der Waals surface area contributed by atoms with Crippen molar-refractivity contribution < 1.29 is 9.10 Å². The Morgan fingerprint density at radius 1 is 1.21 bits per heavy atom. The van der Waals surface area contributed by atoms with Crippen molar-refractivity contribution in [3.8, 4) is 0 Å². The third kappa shape index (κ3) is 9.45. The van der Waals surface area contributed by atoms with E-state index in [1.165, 1.54) is 0 Å². The number of amidine groups is 2. The molecule has 0 aromatic heterocycles. The zero-order chi connectivity index (χ0) is 11.1. The molecule has 1 aliphatic heterocycles. The molecule has 9 heteroatoms. The van der Waals surface area contributed by atoms with E-state index >= 15 is 0 Å². The van der Waals surface area contributed by atoms with Crippen molar-refractivity contribution in [3.63, 3.8) is 0 Å². The molecule has 0 N–H and O–H groups in total. The van der Waals surface area contributed by atoms with Gasteiger partial charge in [-0.15, -0.1) is 0 Å². The summed E-state index contributed by atoms with van der Waals surface area (Å²) < 4.78 is 13.0. The van der Waals surface area contributed by atoms with Gasteiger partial charge in [0.1, 0.15) is 11.7 Å². The molecule has 14 heavy (non-hydrogen) atoms. The Morgan fingerprint density at radius 2 is 1.71 bits per heavy atom. The Kier molecular flexibility index (Phi) is 10.7. The van der Waals surface area contributed by atoms with Crippen LogP contribution >= 0.6 is 59.9 Å². The van der Waals surface area contributed by atoms with Crippen LogP contribution in [0.2, 0.25) is 0 Å². The normalized spacial score (nSPS) is 20.4. The summed E-state index contributed by atoms with van der Waals surface area (Å²) in [6, 6.07) is 0.